The SMILES string of the molecule is CN1CCCC(N(C)CCCC(C)(O)CN)C1. The van der Waals surface area contributed by atoms with Crippen molar-refractivity contribution in [1.29, 1.82) is 0 Å². The van der Waals surface area contributed by atoms with E-state index in [1.165, 1.54) is 25.9 Å². The van der Waals surface area contributed by atoms with Crippen LogP contribution in [0.25, 0.3) is 0 Å². The number of nitrogens with two attached hydrogens (primary N) is 1. The first-order chi connectivity index (χ1) is 7.94. The van der Waals surface area contributed by atoms with Crippen LogP contribution in [0.4, 0.5) is 0 Å². The van der Waals surface area contributed by atoms with Gasteiger partial charge in [0.25, 0.3) is 0 Å². The van der Waals surface area contributed by atoms with Crippen LogP contribution in [0.3, 0.4) is 0 Å². The Balaban J connectivity index is 2.22. The molecular weight excluding hydrogens is 214 g/mol. The van der Waals surface area contributed by atoms with Gasteiger partial charge in [0, 0.05) is 19.1 Å². The first kappa shape index (κ1) is 14.9. The summed E-state index contributed by atoms with van der Waals surface area (Å²) in [7, 11) is 4.39. The number of hydrogen-bond donors (Lipinski definition) is 2. The summed E-state index contributed by atoms with van der Waals surface area (Å²) in [6, 6.07) is 0.677. The van der Waals surface area contributed by atoms with Gasteiger partial charge in [-0.15, -0.1) is 0 Å². The van der Waals surface area contributed by atoms with Crippen molar-refractivity contribution in [1.82, 2.24) is 9.80 Å². The van der Waals surface area contributed by atoms with Crippen molar-refractivity contribution in [3.63, 3.8) is 0 Å². The lowest BCUT2D eigenvalue weighted by Crippen LogP contribution is -2.45. The number of likely N-dealkylation sites (N-methyl/N-ethyl adjacent to an activating group) is 2. The van der Waals surface area contributed by atoms with Crippen molar-refractivity contribution in [2.45, 2.75) is 44.2 Å². The van der Waals surface area contributed by atoms with Crippen molar-refractivity contribution in [2.75, 3.05) is 40.3 Å². The van der Waals surface area contributed by atoms with Crippen LogP contribution >= 0.6 is 0 Å². The van der Waals surface area contributed by atoms with E-state index in [1.54, 1.807) is 0 Å². The zero-order valence-corrected chi connectivity index (χ0v) is 11.7. The summed E-state index contributed by atoms with van der Waals surface area (Å²) in [5.74, 6) is 0. The Labute approximate surface area is 106 Å². The molecule has 1 aliphatic heterocycles. The monoisotopic (exact) mass is 243 g/mol. The van der Waals surface area contributed by atoms with Gasteiger partial charge in [-0.2, -0.15) is 0 Å². The summed E-state index contributed by atoms with van der Waals surface area (Å²) in [5, 5.41) is 9.84. The quantitative estimate of drug-likeness (QED) is 0.713. The summed E-state index contributed by atoms with van der Waals surface area (Å²) < 4.78 is 0. The Morgan fingerprint density at radius 3 is 2.82 bits per heavy atom. The predicted octanol–water partition coefficient (Wildman–Crippen LogP) is 0.502. The second-order valence-electron chi connectivity index (χ2n) is 5.84. The smallest absolute Gasteiger partial charge is 0.0741 e. The lowest BCUT2D eigenvalue weighted by atomic mass is 9.99. The van der Waals surface area contributed by atoms with Crippen LogP contribution < -0.4 is 5.73 Å². The van der Waals surface area contributed by atoms with Crippen molar-refractivity contribution in [3.8, 4) is 0 Å². The third-order valence-corrected chi connectivity index (χ3v) is 3.89. The molecule has 3 N–H and O–H groups in total. The van der Waals surface area contributed by atoms with E-state index >= 15 is 0 Å². The number of piperidine rings is 1. The van der Waals surface area contributed by atoms with Gasteiger partial charge < -0.3 is 20.6 Å². The molecule has 0 aromatic carbocycles. The standard InChI is InChI=1S/C13H29N3O/c1-13(17,11-14)7-5-9-16(3)12-6-4-8-15(2)10-12/h12,17H,4-11,14H2,1-3H3. The zero-order chi connectivity index (χ0) is 12.9. The molecule has 1 saturated heterocycles. The lowest BCUT2D eigenvalue weighted by Gasteiger charge is -2.36. The summed E-state index contributed by atoms with van der Waals surface area (Å²) in [6.07, 6.45) is 4.40. The van der Waals surface area contributed by atoms with Crippen LogP contribution in [0.2, 0.25) is 0 Å². The Morgan fingerprint density at radius 2 is 2.24 bits per heavy atom. The van der Waals surface area contributed by atoms with E-state index in [0.717, 1.165) is 19.4 Å². The Morgan fingerprint density at radius 1 is 1.53 bits per heavy atom. The first-order valence-electron chi connectivity index (χ1n) is 6.76. The van der Waals surface area contributed by atoms with Gasteiger partial charge in [0.1, 0.15) is 0 Å². The van der Waals surface area contributed by atoms with E-state index in [9.17, 15) is 5.11 Å². The molecule has 0 bridgehead atoms. The molecular formula is C13H29N3O. The summed E-state index contributed by atoms with van der Waals surface area (Å²) in [6.45, 7) is 5.62. The molecule has 1 heterocycles. The molecule has 2 unspecified atom stereocenters. The largest absolute Gasteiger partial charge is 0.389 e. The Bertz CT molecular complexity index is 221. The minimum absolute atomic E-state index is 0.350. The van der Waals surface area contributed by atoms with E-state index in [-0.39, 0.29) is 0 Å². The second-order valence-corrected chi connectivity index (χ2v) is 5.84. The van der Waals surface area contributed by atoms with Gasteiger partial charge in [-0.25, -0.2) is 0 Å². The molecule has 4 nitrogen and oxygen atoms in total. The Kier molecular flexibility index (Phi) is 5.86. The van der Waals surface area contributed by atoms with Gasteiger partial charge in [-0.1, -0.05) is 0 Å². The summed E-state index contributed by atoms with van der Waals surface area (Å²) in [4.78, 5) is 4.84. The maximum Gasteiger partial charge on any atom is 0.0741 e. The average Bonchev–Trinajstić information content (AvgIpc) is 2.28. The molecule has 4 heteroatoms. The normalized spacial score (nSPS) is 26.1. The van der Waals surface area contributed by atoms with E-state index in [4.69, 9.17) is 5.73 Å². The summed E-state index contributed by atoms with van der Waals surface area (Å²) in [5.41, 5.74) is 4.82. The molecule has 1 fully saturated rings. The molecule has 2 atom stereocenters. The van der Waals surface area contributed by atoms with Crippen LogP contribution in [0.5, 0.6) is 0 Å². The van der Waals surface area contributed by atoms with Crippen LogP contribution in [0.15, 0.2) is 0 Å². The van der Waals surface area contributed by atoms with E-state index in [1.807, 2.05) is 6.92 Å². The van der Waals surface area contributed by atoms with Crippen LogP contribution in [0, 0.1) is 0 Å². The average molecular weight is 243 g/mol. The fraction of sp³-hybridized carbons (Fsp3) is 1.00. The molecule has 102 valence electrons. The summed E-state index contributed by atoms with van der Waals surface area (Å²) >= 11 is 0. The number of aliphatic hydroxyl groups is 1. The second kappa shape index (κ2) is 6.69. The highest BCUT2D eigenvalue weighted by Crippen LogP contribution is 2.15. The number of rotatable bonds is 6. The highest BCUT2D eigenvalue weighted by atomic mass is 16.3. The lowest BCUT2D eigenvalue weighted by molar-refractivity contribution is 0.0514. The van der Waals surface area contributed by atoms with Crippen LogP contribution in [-0.2, 0) is 0 Å². The van der Waals surface area contributed by atoms with Gasteiger partial charge >= 0.3 is 0 Å². The molecule has 0 saturated carbocycles. The maximum atomic E-state index is 9.84. The topological polar surface area (TPSA) is 52.7 Å². The molecule has 17 heavy (non-hydrogen) atoms. The Hall–Kier alpha value is -0.160. The number of nitrogens with zero attached hydrogens (tertiary/aromatic N) is 2. The molecule has 1 rings (SSSR count). The molecule has 0 amide bonds. The highest BCUT2D eigenvalue weighted by Gasteiger charge is 2.22. The zero-order valence-electron chi connectivity index (χ0n) is 11.7. The van der Waals surface area contributed by atoms with E-state index < -0.39 is 5.60 Å². The van der Waals surface area contributed by atoms with Crippen LogP contribution in [-0.4, -0.2) is 66.8 Å². The highest BCUT2D eigenvalue weighted by molar-refractivity contribution is 4.79. The number of hydrogen-bond acceptors (Lipinski definition) is 4. The van der Waals surface area contributed by atoms with Gasteiger partial charge in [-0.05, 0) is 59.8 Å². The molecule has 1 aliphatic rings. The minimum atomic E-state index is -0.690. The molecule has 0 aliphatic carbocycles. The van der Waals surface area contributed by atoms with Gasteiger partial charge in [0.05, 0.1) is 5.60 Å². The maximum absolute atomic E-state index is 9.84. The minimum Gasteiger partial charge on any atom is -0.389 e. The van der Waals surface area contributed by atoms with Crippen LogP contribution in [0.1, 0.15) is 32.6 Å². The van der Waals surface area contributed by atoms with Crippen molar-refractivity contribution < 1.29 is 5.11 Å². The van der Waals surface area contributed by atoms with Crippen molar-refractivity contribution in [3.05, 3.63) is 0 Å². The third-order valence-electron chi connectivity index (χ3n) is 3.89. The van der Waals surface area contributed by atoms with Gasteiger partial charge in [0.2, 0.25) is 0 Å². The molecule has 0 radical (unpaired) electrons. The van der Waals surface area contributed by atoms with E-state index in [2.05, 4.69) is 23.9 Å². The number of likely N-dealkylation sites (tertiary alicyclic amines) is 1. The predicted molar refractivity (Wildman–Crippen MR) is 72.1 cm³/mol. The molecule has 0 aromatic rings. The van der Waals surface area contributed by atoms with Gasteiger partial charge in [-0.3, -0.25) is 0 Å². The van der Waals surface area contributed by atoms with Crippen molar-refractivity contribution in [2.24, 2.45) is 5.73 Å². The van der Waals surface area contributed by atoms with E-state index in [0.29, 0.717) is 12.6 Å². The third kappa shape index (κ3) is 5.34. The molecule has 0 spiro atoms. The van der Waals surface area contributed by atoms with Crippen molar-refractivity contribution >= 4 is 0 Å². The fourth-order valence-corrected chi connectivity index (χ4v) is 2.49. The first-order valence-corrected chi connectivity index (χ1v) is 6.76. The molecule has 0 aromatic heterocycles. The fourth-order valence-electron chi connectivity index (χ4n) is 2.49. The van der Waals surface area contributed by atoms with Gasteiger partial charge in [0.15, 0.2) is 0 Å².